The summed E-state index contributed by atoms with van der Waals surface area (Å²) in [6, 6.07) is 18.0. The average Bonchev–Trinajstić information content (AvgIpc) is 2.56. The van der Waals surface area contributed by atoms with Gasteiger partial charge in [-0.2, -0.15) is 0 Å². The molecular formula is C20H25NO2. The number of amides is 1. The fourth-order valence-corrected chi connectivity index (χ4v) is 2.52. The maximum absolute atomic E-state index is 12.4. The Labute approximate surface area is 138 Å². The molecule has 0 aliphatic carbocycles. The molecule has 0 spiro atoms. The maximum atomic E-state index is 12.4. The van der Waals surface area contributed by atoms with Gasteiger partial charge in [-0.1, -0.05) is 49.4 Å². The minimum Gasteiger partial charge on any atom is -0.494 e. The van der Waals surface area contributed by atoms with Crippen LogP contribution in [0.4, 0.5) is 0 Å². The van der Waals surface area contributed by atoms with Gasteiger partial charge in [0.1, 0.15) is 5.75 Å². The first-order valence-corrected chi connectivity index (χ1v) is 8.17. The van der Waals surface area contributed by atoms with Gasteiger partial charge in [0.25, 0.3) is 0 Å². The molecule has 0 bridgehead atoms. The number of ether oxygens (including phenoxy) is 1. The lowest BCUT2D eigenvalue weighted by Gasteiger charge is -2.18. The van der Waals surface area contributed by atoms with Crippen molar-refractivity contribution < 1.29 is 9.53 Å². The summed E-state index contributed by atoms with van der Waals surface area (Å²) in [5.74, 6) is 0.880. The van der Waals surface area contributed by atoms with E-state index in [4.69, 9.17) is 4.74 Å². The van der Waals surface area contributed by atoms with Gasteiger partial charge in [-0.15, -0.1) is 0 Å². The maximum Gasteiger partial charge on any atom is 0.223 e. The molecule has 0 aliphatic heterocycles. The van der Waals surface area contributed by atoms with E-state index >= 15 is 0 Å². The first kappa shape index (κ1) is 17.1. The highest BCUT2D eigenvalue weighted by Crippen LogP contribution is 2.18. The van der Waals surface area contributed by atoms with Gasteiger partial charge in [0.05, 0.1) is 12.6 Å². The summed E-state index contributed by atoms with van der Waals surface area (Å²) in [5, 5.41) is 3.09. The van der Waals surface area contributed by atoms with E-state index in [1.165, 1.54) is 5.56 Å². The topological polar surface area (TPSA) is 38.3 Å². The van der Waals surface area contributed by atoms with E-state index in [1.807, 2.05) is 63.2 Å². The largest absolute Gasteiger partial charge is 0.494 e. The van der Waals surface area contributed by atoms with Crippen LogP contribution >= 0.6 is 0 Å². The van der Waals surface area contributed by atoms with Crippen LogP contribution in [0.15, 0.2) is 54.6 Å². The molecule has 0 unspecified atom stereocenters. The number of carbonyl (C=O) groups excluding carboxylic acids is 1. The Morgan fingerprint density at radius 3 is 2.30 bits per heavy atom. The summed E-state index contributed by atoms with van der Waals surface area (Å²) in [6.07, 6.45) is 0.753. The average molecular weight is 311 g/mol. The summed E-state index contributed by atoms with van der Waals surface area (Å²) < 4.78 is 5.44. The van der Waals surface area contributed by atoms with Crippen molar-refractivity contribution in [1.29, 1.82) is 0 Å². The monoisotopic (exact) mass is 311 g/mol. The minimum absolute atomic E-state index is 0.0172. The molecule has 0 saturated carbocycles. The lowest BCUT2D eigenvalue weighted by atomic mass is 9.99. The Bertz CT molecular complexity index is 607. The molecule has 2 rings (SSSR count). The minimum atomic E-state index is -0.0532. The van der Waals surface area contributed by atoms with E-state index in [-0.39, 0.29) is 17.9 Å². The number of carbonyl (C=O) groups is 1. The Morgan fingerprint density at radius 2 is 1.70 bits per heavy atom. The number of nitrogens with one attached hydrogen (secondary N) is 1. The second-order valence-corrected chi connectivity index (χ2v) is 5.82. The van der Waals surface area contributed by atoms with Crippen LogP contribution in [0.25, 0.3) is 0 Å². The van der Waals surface area contributed by atoms with E-state index in [2.05, 4.69) is 17.4 Å². The van der Waals surface area contributed by atoms with Gasteiger partial charge in [-0.3, -0.25) is 4.79 Å². The first-order chi connectivity index (χ1) is 11.1. The zero-order valence-electron chi connectivity index (χ0n) is 14.1. The van der Waals surface area contributed by atoms with Crippen LogP contribution in [0.5, 0.6) is 5.75 Å². The van der Waals surface area contributed by atoms with Crippen molar-refractivity contribution in [2.75, 3.05) is 6.61 Å². The summed E-state index contributed by atoms with van der Waals surface area (Å²) in [6.45, 7) is 6.59. The lowest BCUT2D eigenvalue weighted by Crippen LogP contribution is -2.32. The zero-order chi connectivity index (χ0) is 16.7. The molecule has 2 aromatic carbocycles. The number of hydrogen-bond donors (Lipinski definition) is 1. The molecule has 1 amide bonds. The molecule has 3 heteroatoms. The van der Waals surface area contributed by atoms with Crippen LogP contribution in [0.3, 0.4) is 0 Å². The van der Waals surface area contributed by atoms with Gasteiger partial charge in [-0.25, -0.2) is 0 Å². The van der Waals surface area contributed by atoms with Crippen molar-refractivity contribution in [3.63, 3.8) is 0 Å². The van der Waals surface area contributed by atoms with Crippen LogP contribution in [-0.2, 0) is 11.2 Å². The van der Waals surface area contributed by atoms with Gasteiger partial charge >= 0.3 is 0 Å². The molecule has 2 aromatic rings. The van der Waals surface area contributed by atoms with Crippen molar-refractivity contribution in [2.45, 2.75) is 33.2 Å². The van der Waals surface area contributed by atoms with Crippen LogP contribution < -0.4 is 10.1 Å². The quantitative estimate of drug-likeness (QED) is 0.834. The third-order valence-corrected chi connectivity index (χ3v) is 3.88. The van der Waals surface area contributed by atoms with E-state index in [0.29, 0.717) is 6.61 Å². The van der Waals surface area contributed by atoms with Crippen molar-refractivity contribution >= 4 is 5.91 Å². The van der Waals surface area contributed by atoms with E-state index in [1.54, 1.807) is 0 Å². The van der Waals surface area contributed by atoms with Gasteiger partial charge < -0.3 is 10.1 Å². The summed E-state index contributed by atoms with van der Waals surface area (Å²) in [5.41, 5.74) is 2.26. The molecular weight excluding hydrogens is 286 g/mol. The molecule has 0 radical (unpaired) electrons. The molecule has 3 nitrogen and oxygen atoms in total. The second-order valence-electron chi connectivity index (χ2n) is 5.82. The first-order valence-electron chi connectivity index (χ1n) is 8.17. The Kier molecular flexibility index (Phi) is 6.21. The highest BCUT2D eigenvalue weighted by atomic mass is 16.5. The smallest absolute Gasteiger partial charge is 0.223 e. The predicted octanol–water partition coefficient (Wildman–Crippen LogP) is 4.14. The summed E-state index contributed by atoms with van der Waals surface area (Å²) >= 11 is 0. The number of rotatable bonds is 7. The van der Waals surface area contributed by atoms with Gasteiger partial charge in [0, 0.05) is 5.92 Å². The third kappa shape index (κ3) is 5.13. The molecule has 2 atom stereocenters. The Morgan fingerprint density at radius 1 is 1.04 bits per heavy atom. The van der Waals surface area contributed by atoms with E-state index in [9.17, 15) is 4.79 Å². The highest BCUT2D eigenvalue weighted by Gasteiger charge is 2.16. The van der Waals surface area contributed by atoms with Crippen LogP contribution in [0.1, 0.15) is 37.9 Å². The number of benzene rings is 2. The van der Waals surface area contributed by atoms with Gasteiger partial charge in [0.15, 0.2) is 0 Å². The highest BCUT2D eigenvalue weighted by molar-refractivity contribution is 5.79. The normalized spacial score (nSPS) is 13.2. The number of hydrogen-bond acceptors (Lipinski definition) is 2. The van der Waals surface area contributed by atoms with Gasteiger partial charge in [0.2, 0.25) is 5.91 Å². The molecule has 0 saturated heterocycles. The van der Waals surface area contributed by atoms with Crippen molar-refractivity contribution in [1.82, 2.24) is 5.32 Å². The molecule has 0 aromatic heterocycles. The molecule has 0 aliphatic rings. The Hall–Kier alpha value is -2.29. The fourth-order valence-electron chi connectivity index (χ4n) is 2.52. The molecule has 122 valence electrons. The molecule has 23 heavy (non-hydrogen) atoms. The molecule has 1 N–H and O–H groups in total. The molecule has 0 heterocycles. The Balaban J connectivity index is 1.90. The van der Waals surface area contributed by atoms with Crippen molar-refractivity contribution in [2.24, 2.45) is 5.92 Å². The lowest BCUT2D eigenvalue weighted by molar-refractivity contribution is -0.125. The zero-order valence-corrected chi connectivity index (χ0v) is 14.1. The van der Waals surface area contributed by atoms with Crippen LogP contribution in [-0.4, -0.2) is 12.5 Å². The second kappa shape index (κ2) is 8.37. The van der Waals surface area contributed by atoms with Gasteiger partial charge in [-0.05, 0) is 43.5 Å². The predicted molar refractivity (Wildman–Crippen MR) is 93.5 cm³/mol. The van der Waals surface area contributed by atoms with Crippen molar-refractivity contribution in [3.8, 4) is 5.75 Å². The van der Waals surface area contributed by atoms with Crippen LogP contribution in [0, 0.1) is 5.92 Å². The SMILES string of the molecule is CCOc1ccc([C@H](C)NC(=O)[C@@H](C)Cc2ccccc2)cc1. The summed E-state index contributed by atoms with van der Waals surface area (Å²) in [7, 11) is 0. The fraction of sp³-hybridized carbons (Fsp3) is 0.350. The van der Waals surface area contributed by atoms with E-state index in [0.717, 1.165) is 17.7 Å². The molecule has 0 fully saturated rings. The van der Waals surface area contributed by atoms with E-state index < -0.39 is 0 Å². The standard InChI is InChI=1S/C20H25NO2/c1-4-23-19-12-10-18(11-13-19)16(3)21-20(22)15(2)14-17-8-6-5-7-9-17/h5-13,15-16H,4,14H2,1-3H3,(H,21,22)/t15-,16-/m0/s1. The summed E-state index contributed by atoms with van der Waals surface area (Å²) in [4.78, 5) is 12.4. The third-order valence-electron chi connectivity index (χ3n) is 3.88. The van der Waals surface area contributed by atoms with Crippen LogP contribution in [0.2, 0.25) is 0 Å². The van der Waals surface area contributed by atoms with Crippen molar-refractivity contribution in [3.05, 3.63) is 65.7 Å².